The standard InChI is InChI=1S/C23H40N2O/c1-23(2,3)21-11-13-22(14-12-21)26-20-9-7-5-4-6-8-17-25-18-10-15-24-16-19-25/h11-14,24H,4-10,15-20H2,1-3H3. The van der Waals surface area contributed by atoms with Gasteiger partial charge in [-0.15, -0.1) is 0 Å². The van der Waals surface area contributed by atoms with Crippen LogP contribution in [0.2, 0.25) is 0 Å². The van der Waals surface area contributed by atoms with Crippen molar-refractivity contribution in [3.05, 3.63) is 29.8 Å². The maximum absolute atomic E-state index is 5.88. The predicted molar refractivity (Wildman–Crippen MR) is 112 cm³/mol. The average Bonchev–Trinajstić information content (AvgIpc) is 2.89. The highest BCUT2D eigenvalue weighted by Crippen LogP contribution is 2.24. The molecule has 1 saturated heterocycles. The molecule has 2 rings (SSSR count). The first-order chi connectivity index (χ1) is 12.6. The van der Waals surface area contributed by atoms with Crippen LogP contribution in [0.15, 0.2) is 24.3 Å². The second-order valence-electron chi connectivity index (χ2n) is 8.69. The van der Waals surface area contributed by atoms with Crippen LogP contribution in [0, 0.1) is 0 Å². The van der Waals surface area contributed by atoms with Crippen LogP contribution in [-0.2, 0) is 5.41 Å². The van der Waals surface area contributed by atoms with Crippen molar-refractivity contribution in [3.8, 4) is 5.75 Å². The molecule has 0 radical (unpaired) electrons. The Balaban J connectivity index is 1.44. The van der Waals surface area contributed by atoms with Crippen LogP contribution in [0.4, 0.5) is 0 Å². The van der Waals surface area contributed by atoms with Crippen LogP contribution < -0.4 is 10.1 Å². The molecular weight excluding hydrogens is 320 g/mol. The molecule has 1 aromatic carbocycles. The minimum atomic E-state index is 0.211. The van der Waals surface area contributed by atoms with Crippen molar-refractivity contribution in [3.63, 3.8) is 0 Å². The Kier molecular flexibility index (Phi) is 9.49. The lowest BCUT2D eigenvalue weighted by Crippen LogP contribution is -2.29. The number of benzene rings is 1. The van der Waals surface area contributed by atoms with Crippen molar-refractivity contribution in [1.82, 2.24) is 10.2 Å². The fourth-order valence-corrected chi connectivity index (χ4v) is 3.51. The summed E-state index contributed by atoms with van der Waals surface area (Å²) < 4.78 is 5.88. The molecule has 0 amide bonds. The van der Waals surface area contributed by atoms with Crippen molar-refractivity contribution in [2.45, 2.75) is 71.1 Å². The molecule has 1 aromatic rings. The van der Waals surface area contributed by atoms with Crippen LogP contribution in [0.25, 0.3) is 0 Å². The first-order valence-electron chi connectivity index (χ1n) is 10.7. The summed E-state index contributed by atoms with van der Waals surface area (Å²) in [6, 6.07) is 8.60. The van der Waals surface area contributed by atoms with Gasteiger partial charge >= 0.3 is 0 Å². The van der Waals surface area contributed by atoms with Gasteiger partial charge < -0.3 is 15.0 Å². The van der Waals surface area contributed by atoms with E-state index in [0.717, 1.165) is 12.4 Å². The van der Waals surface area contributed by atoms with E-state index in [0.29, 0.717) is 0 Å². The second-order valence-corrected chi connectivity index (χ2v) is 8.69. The van der Waals surface area contributed by atoms with E-state index < -0.39 is 0 Å². The topological polar surface area (TPSA) is 24.5 Å². The molecule has 3 heteroatoms. The molecule has 0 aromatic heterocycles. The van der Waals surface area contributed by atoms with E-state index in [1.54, 1.807) is 0 Å². The van der Waals surface area contributed by atoms with Gasteiger partial charge in [0.05, 0.1) is 6.61 Å². The van der Waals surface area contributed by atoms with E-state index in [9.17, 15) is 0 Å². The number of nitrogens with one attached hydrogen (secondary N) is 1. The second kappa shape index (κ2) is 11.6. The van der Waals surface area contributed by atoms with Crippen molar-refractivity contribution >= 4 is 0 Å². The van der Waals surface area contributed by atoms with Gasteiger partial charge in [-0.2, -0.15) is 0 Å². The minimum absolute atomic E-state index is 0.211. The Morgan fingerprint density at radius 3 is 2.31 bits per heavy atom. The molecule has 0 atom stereocenters. The first-order valence-corrected chi connectivity index (χ1v) is 10.7. The van der Waals surface area contributed by atoms with Crippen molar-refractivity contribution < 1.29 is 4.74 Å². The van der Waals surface area contributed by atoms with Crippen LogP contribution >= 0.6 is 0 Å². The smallest absolute Gasteiger partial charge is 0.119 e. The Labute approximate surface area is 161 Å². The third kappa shape index (κ3) is 8.55. The van der Waals surface area contributed by atoms with Gasteiger partial charge in [0, 0.05) is 13.1 Å². The predicted octanol–water partition coefficient (Wildman–Crippen LogP) is 5.00. The van der Waals surface area contributed by atoms with E-state index in [1.807, 2.05) is 0 Å². The summed E-state index contributed by atoms with van der Waals surface area (Å²) in [6.45, 7) is 13.7. The van der Waals surface area contributed by atoms with Crippen molar-refractivity contribution in [2.24, 2.45) is 0 Å². The quantitative estimate of drug-likeness (QED) is 0.594. The number of hydrogen-bond donors (Lipinski definition) is 1. The maximum Gasteiger partial charge on any atom is 0.119 e. The molecule has 0 unspecified atom stereocenters. The monoisotopic (exact) mass is 360 g/mol. The first kappa shape index (κ1) is 21.2. The van der Waals surface area contributed by atoms with Crippen LogP contribution in [-0.4, -0.2) is 44.2 Å². The molecule has 26 heavy (non-hydrogen) atoms. The maximum atomic E-state index is 5.88. The SMILES string of the molecule is CC(C)(C)c1ccc(OCCCCCCCCN2CCCNCC2)cc1. The summed E-state index contributed by atoms with van der Waals surface area (Å²) in [7, 11) is 0. The molecule has 0 bridgehead atoms. The lowest BCUT2D eigenvalue weighted by Gasteiger charge is -2.19. The zero-order chi connectivity index (χ0) is 18.7. The highest BCUT2D eigenvalue weighted by Gasteiger charge is 2.12. The molecule has 0 aliphatic carbocycles. The molecule has 0 spiro atoms. The van der Waals surface area contributed by atoms with Gasteiger partial charge in [0.1, 0.15) is 5.75 Å². The molecule has 1 aliphatic rings. The summed E-state index contributed by atoms with van der Waals surface area (Å²) in [5.74, 6) is 1.00. The highest BCUT2D eigenvalue weighted by molar-refractivity contribution is 5.31. The number of ether oxygens (including phenoxy) is 1. The Hall–Kier alpha value is -1.06. The minimum Gasteiger partial charge on any atom is -0.494 e. The molecule has 1 fully saturated rings. The number of rotatable bonds is 10. The highest BCUT2D eigenvalue weighted by atomic mass is 16.5. The molecular formula is C23H40N2O. The number of hydrogen-bond acceptors (Lipinski definition) is 3. The zero-order valence-corrected chi connectivity index (χ0v) is 17.4. The normalized spacial score (nSPS) is 16.4. The molecule has 3 nitrogen and oxygen atoms in total. The third-order valence-corrected chi connectivity index (χ3v) is 5.29. The van der Waals surface area contributed by atoms with Crippen LogP contribution in [0.1, 0.15) is 71.3 Å². The van der Waals surface area contributed by atoms with Gasteiger partial charge in [-0.1, -0.05) is 58.6 Å². The Morgan fingerprint density at radius 2 is 1.58 bits per heavy atom. The summed E-state index contributed by atoms with van der Waals surface area (Å²) in [5, 5.41) is 3.47. The number of nitrogens with zero attached hydrogens (tertiary/aromatic N) is 1. The lowest BCUT2D eigenvalue weighted by molar-refractivity contribution is 0.283. The van der Waals surface area contributed by atoms with Gasteiger partial charge in [-0.3, -0.25) is 0 Å². The van der Waals surface area contributed by atoms with Gasteiger partial charge in [0.2, 0.25) is 0 Å². The van der Waals surface area contributed by atoms with Crippen LogP contribution in [0.5, 0.6) is 5.75 Å². The fourth-order valence-electron chi connectivity index (χ4n) is 3.51. The van der Waals surface area contributed by atoms with E-state index >= 15 is 0 Å². The lowest BCUT2D eigenvalue weighted by atomic mass is 9.87. The molecule has 1 heterocycles. The molecule has 1 aliphatic heterocycles. The van der Waals surface area contributed by atoms with Crippen molar-refractivity contribution in [1.29, 1.82) is 0 Å². The van der Waals surface area contributed by atoms with E-state index in [-0.39, 0.29) is 5.41 Å². The molecule has 1 N–H and O–H groups in total. The fraction of sp³-hybridized carbons (Fsp3) is 0.739. The van der Waals surface area contributed by atoms with E-state index in [4.69, 9.17) is 4.74 Å². The summed E-state index contributed by atoms with van der Waals surface area (Å²) in [5.41, 5.74) is 1.57. The van der Waals surface area contributed by atoms with Gasteiger partial charge in [-0.05, 0) is 62.0 Å². The van der Waals surface area contributed by atoms with Crippen molar-refractivity contribution in [2.75, 3.05) is 39.3 Å². The Morgan fingerprint density at radius 1 is 0.885 bits per heavy atom. The molecule has 148 valence electrons. The third-order valence-electron chi connectivity index (χ3n) is 5.29. The largest absolute Gasteiger partial charge is 0.494 e. The van der Waals surface area contributed by atoms with E-state index in [2.05, 4.69) is 55.3 Å². The zero-order valence-electron chi connectivity index (χ0n) is 17.4. The average molecular weight is 361 g/mol. The Bertz CT molecular complexity index is 470. The number of unbranched alkanes of at least 4 members (excludes halogenated alkanes) is 5. The van der Waals surface area contributed by atoms with Crippen LogP contribution in [0.3, 0.4) is 0 Å². The van der Waals surface area contributed by atoms with Gasteiger partial charge in [0.15, 0.2) is 0 Å². The summed E-state index contributed by atoms with van der Waals surface area (Å²) >= 11 is 0. The van der Waals surface area contributed by atoms with E-state index in [1.165, 1.54) is 83.2 Å². The van der Waals surface area contributed by atoms with Gasteiger partial charge in [0.25, 0.3) is 0 Å². The summed E-state index contributed by atoms with van der Waals surface area (Å²) in [4.78, 5) is 2.62. The van der Waals surface area contributed by atoms with Gasteiger partial charge in [-0.25, -0.2) is 0 Å². The summed E-state index contributed by atoms with van der Waals surface area (Å²) in [6.07, 6.45) is 9.20. The molecule has 0 saturated carbocycles.